The second kappa shape index (κ2) is 11.8. The molecule has 0 aromatic heterocycles. The molecule has 2 rings (SSSR count). The molecule has 29 heavy (non-hydrogen) atoms. The number of anilines is 1. The average molecular weight is 545 g/mol. The number of nitrogens with one attached hydrogen (secondary N) is 2. The molecule has 11 heteroatoms. The van der Waals surface area contributed by atoms with E-state index in [1.165, 1.54) is 16.4 Å². The molecule has 1 aliphatic rings. The van der Waals surface area contributed by atoms with E-state index in [-0.39, 0.29) is 42.3 Å². The summed E-state index contributed by atoms with van der Waals surface area (Å²) in [7, 11) is -1.69. The van der Waals surface area contributed by atoms with Gasteiger partial charge in [0.05, 0.1) is 11.4 Å². The normalized spacial score (nSPS) is 17.4. The van der Waals surface area contributed by atoms with Gasteiger partial charge in [0.25, 0.3) is 0 Å². The quantitative estimate of drug-likeness (QED) is 0.297. The van der Waals surface area contributed by atoms with E-state index in [0.717, 1.165) is 12.5 Å². The van der Waals surface area contributed by atoms with Crippen LogP contribution >= 0.6 is 24.0 Å². The molecule has 1 fully saturated rings. The number of rotatable bonds is 8. The number of hydrogen-bond acceptors (Lipinski definition) is 4. The molecule has 166 valence electrons. The van der Waals surface area contributed by atoms with E-state index < -0.39 is 21.7 Å². The molecule has 0 radical (unpaired) electrons. The van der Waals surface area contributed by atoms with E-state index in [9.17, 15) is 17.2 Å². The van der Waals surface area contributed by atoms with Crippen molar-refractivity contribution >= 4 is 45.6 Å². The van der Waals surface area contributed by atoms with Crippen LogP contribution < -0.4 is 15.5 Å². The lowest BCUT2D eigenvalue weighted by Crippen LogP contribution is -2.46. The molecule has 0 aliphatic carbocycles. The second-order valence-electron chi connectivity index (χ2n) is 6.57. The van der Waals surface area contributed by atoms with Gasteiger partial charge < -0.3 is 15.5 Å². The van der Waals surface area contributed by atoms with Crippen LogP contribution in [0.1, 0.15) is 20.3 Å². The highest BCUT2D eigenvalue weighted by molar-refractivity contribution is 14.0. The first kappa shape index (κ1) is 25.8. The van der Waals surface area contributed by atoms with Crippen molar-refractivity contribution in [1.82, 2.24) is 14.9 Å². The fourth-order valence-corrected chi connectivity index (χ4v) is 4.67. The molecule has 1 aliphatic heterocycles. The molecule has 0 bridgehead atoms. The zero-order chi connectivity index (χ0) is 20.7. The lowest BCUT2D eigenvalue weighted by Gasteiger charge is -2.21. The van der Waals surface area contributed by atoms with Crippen molar-refractivity contribution in [3.05, 3.63) is 29.8 Å². The summed E-state index contributed by atoms with van der Waals surface area (Å²) in [6, 6.07) is 3.59. The third kappa shape index (κ3) is 7.21. The van der Waals surface area contributed by atoms with Gasteiger partial charge in [-0.2, -0.15) is 0 Å². The molecule has 0 spiro atoms. The largest absolute Gasteiger partial charge is 0.367 e. The zero-order valence-electron chi connectivity index (χ0n) is 17.0. The molecule has 2 N–H and O–H groups in total. The van der Waals surface area contributed by atoms with Crippen LogP contribution in [0.2, 0.25) is 0 Å². The van der Waals surface area contributed by atoms with Crippen LogP contribution in [0.25, 0.3) is 0 Å². The van der Waals surface area contributed by atoms with Gasteiger partial charge in [0, 0.05) is 51.9 Å². The molecule has 7 nitrogen and oxygen atoms in total. The highest BCUT2D eigenvalue weighted by Crippen LogP contribution is 2.24. The Kier molecular flexibility index (Phi) is 10.5. The minimum absolute atomic E-state index is 0. The molecular formula is C18H30F2IN5O2S. The lowest BCUT2D eigenvalue weighted by atomic mass is 10.2. The Hall–Kier alpha value is -1.21. The van der Waals surface area contributed by atoms with Crippen LogP contribution in [-0.4, -0.2) is 70.2 Å². The summed E-state index contributed by atoms with van der Waals surface area (Å²) in [4.78, 5) is 5.98. The summed E-state index contributed by atoms with van der Waals surface area (Å²) < 4.78 is 52.9. The predicted octanol–water partition coefficient (Wildman–Crippen LogP) is 2.00. The van der Waals surface area contributed by atoms with Gasteiger partial charge in [0.1, 0.15) is 11.6 Å². The van der Waals surface area contributed by atoms with E-state index in [2.05, 4.69) is 15.6 Å². The summed E-state index contributed by atoms with van der Waals surface area (Å²) in [5, 5.41) is 6.25. The Morgan fingerprint density at radius 3 is 2.59 bits per heavy atom. The van der Waals surface area contributed by atoms with Crippen LogP contribution in [0, 0.1) is 11.6 Å². The van der Waals surface area contributed by atoms with E-state index in [1.807, 2.05) is 18.7 Å². The molecule has 0 saturated carbocycles. The number of nitrogens with zero attached hydrogens (tertiary/aromatic N) is 3. The van der Waals surface area contributed by atoms with Crippen molar-refractivity contribution in [2.75, 3.05) is 50.4 Å². The molecule has 1 aromatic rings. The molecule has 1 unspecified atom stereocenters. The zero-order valence-corrected chi connectivity index (χ0v) is 20.1. The maximum absolute atomic E-state index is 14.0. The third-order valence-corrected chi connectivity index (χ3v) is 6.78. The van der Waals surface area contributed by atoms with Gasteiger partial charge in [0.2, 0.25) is 10.0 Å². The van der Waals surface area contributed by atoms with E-state index in [1.54, 1.807) is 7.05 Å². The van der Waals surface area contributed by atoms with Gasteiger partial charge in [0.15, 0.2) is 5.96 Å². The minimum Gasteiger partial charge on any atom is -0.367 e. The lowest BCUT2D eigenvalue weighted by molar-refractivity contribution is 0.445. The van der Waals surface area contributed by atoms with Gasteiger partial charge in [-0.3, -0.25) is 4.99 Å². The summed E-state index contributed by atoms with van der Waals surface area (Å²) in [6.45, 7) is 5.93. The summed E-state index contributed by atoms with van der Waals surface area (Å²) in [5.41, 5.74) is 0.374. The third-order valence-electron chi connectivity index (χ3n) is 4.75. The number of aliphatic imine (C=N–C) groups is 1. The Balaban J connectivity index is 0.00000420. The van der Waals surface area contributed by atoms with Crippen molar-refractivity contribution in [3.8, 4) is 0 Å². The van der Waals surface area contributed by atoms with Crippen LogP contribution in [0.5, 0.6) is 0 Å². The molecule has 1 saturated heterocycles. The van der Waals surface area contributed by atoms with Crippen molar-refractivity contribution in [1.29, 1.82) is 0 Å². The molecule has 1 aromatic carbocycles. The maximum atomic E-state index is 14.0. The number of guanidine groups is 1. The standard InChI is InChI=1S/C18H29F2N5O2S.HI/c1-4-25(5-2)28(26,27)11-9-22-18(21-3)23-15-8-10-24(13-15)17-7-6-14(19)12-16(17)20;/h6-7,12,15H,4-5,8-11,13H2,1-3H3,(H2,21,22,23);1H. The highest BCUT2D eigenvalue weighted by atomic mass is 127. The van der Waals surface area contributed by atoms with E-state index >= 15 is 0 Å². The van der Waals surface area contributed by atoms with E-state index in [4.69, 9.17) is 0 Å². The van der Waals surface area contributed by atoms with E-state index in [0.29, 0.717) is 37.8 Å². The first-order valence-corrected chi connectivity index (χ1v) is 11.1. The Morgan fingerprint density at radius 2 is 2.00 bits per heavy atom. The smallest absolute Gasteiger partial charge is 0.215 e. The second-order valence-corrected chi connectivity index (χ2v) is 8.66. The van der Waals surface area contributed by atoms with Crippen molar-refractivity contribution in [3.63, 3.8) is 0 Å². The monoisotopic (exact) mass is 545 g/mol. The fraction of sp³-hybridized carbons (Fsp3) is 0.611. The number of halogens is 3. The van der Waals surface area contributed by atoms with Gasteiger partial charge in [-0.1, -0.05) is 13.8 Å². The number of hydrogen-bond donors (Lipinski definition) is 2. The average Bonchev–Trinajstić information content (AvgIpc) is 3.09. The Bertz CT molecular complexity index is 790. The molecular weight excluding hydrogens is 515 g/mol. The maximum Gasteiger partial charge on any atom is 0.215 e. The van der Waals surface area contributed by atoms with Gasteiger partial charge in [-0.05, 0) is 18.6 Å². The summed E-state index contributed by atoms with van der Waals surface area (Å²) in [6.07, 6.45) is 0.759. The number of sulfonamides is 1. The van der Waals surface area contributed by atoms with Crippen molar-refractivity contribution in [2.45, 2.75) is 26.3 Å². The first-order valence-electron chi connectivity index (χ1n) is 9.45. The molecule has 1 heterocycles. The molecule has 0 amide bonds. The van der Waals surface area contributed by atoms with Gasteiger partial charge in [-0.15, -0.1) is 24.0 Å². The van der Waals surface area contributed by atoms with Crippen LogP contribution in [-0.2, 0) is 10.0 Å². The van der Waals surface area contributed by atoms with Gasteiger partial charge >= 0.3 is 0 Å². The summed E-state index contributed by atoms with van der Waals surface area (Å²) in [5.74, 6) is -0.696. The van der Waals surface area contributed by atoms with Crippen LogP contribution in [0.3, 0.4) is 0 Å². The van der Waals surface area contributed by atoms with Crippen molar-refractivity contribution in [2.24, 2.45) is 4.99 Å². The highest BCUT2D eigenvalue weighted by Gasteiger charge is 2.25. The Labute approximate surface area is 189 Å². The predicted molar refractivity (Wildman–Crippen MR) is 124 cm³/mol. The Morgan fingerprint density at radius 1 is 1.31 bits per heavy atom. The SMILES string of the molecule is CCN(CC)S(=O)(=O)CCNC(=NC)NC1CCN(c2ccc(F)cc2F)C1.I. The number of benzene rings is 1. The molecule has 1 atom stereocenters. The van der Waals surface area contributed by atoms with Crippen LogP contribution in [0.15, 0.2) is 23.2 Å². The van der Waals surface area contributed by atoms with Crippen LogP contribution in [0.4, 0.5) is 14.5 Å². The van der Waals surface area contributed by atoms with Gasteiger partial charge in [-0.25, -0.2) is 21.5 Å². The summed E-state index contributed by atoms with van der Waals surface area (Å²) >= 11 is 0. The first-order chi connectivity index (χ1) is 13.3. The fourth-order valence-electron chi connectivity index (χ4n) is 3.27. The minimum atomic E-state index is -3.30. The van der Waals surface area contributed by atoms with Crippen molar-refractivity contribution < 1.29 is 17.2 Å². The topological polar surface area (TPSA) is 77.0 Å².